The molecule has 20 heavy (non-hydrogen) atoms. The first-order valence-electron chi connectivity index (χ1n) is 6.71. The topological polar surface area (TPSA) is 75.5 Å². The zero-order chi connectivity index (χ0) is 15.3. The highest BCUT2D eigenvalue weighted by atomic mass is 16.6. The van der Waals surface area contributed by atoms with E-state index < -0.39 is 11.0 Å². The van der Waals surface area contributed by atoms with Crippen LogP contribution in [0.5, 0.6) is 0 Å². The molecule has 1 aromatic rings. The molecule has 1 atom stereocenters. The zero-order valence-electron chi connectivity index (χ0n) is 12.3. The summed E-state index contributed by atoms with van der Waals surface area (Å²) >= 11 is 0. The van der Waals surface area contributed by atoms with Gasteiger partial charge in [-0.05, 0) is 33.3 Å². The van der Waals surface area contributed by atoms with Gasteiger partial charge in [0.2, 0.25) is 5.91 Å². The van der Waals surface area contributed by atoms with Crippen LogP contribution < -0.4 is 5.32 Å². The van der Waals surface area contributed by atoms with Crippen LogP contribution in [0.2, 0.25) is 0 Å². The van der Waals surface area contributed by atoms with E-state index in [4.69, 9.17) is 0 Å². The van der Waals surface area contributed by atoms with Gasteiger partial charge in [0.15, 0.2) is 0 Å². The molecule has 6 nitrogen and oxygen atoms in total. The number of nitrogens with zero attached hydrogens (tertiary/aromatic N) is 2. The smallest absolute Gasteiger partial charge is 0.271 e. The van der Waals surface area contributed by atoms with Crippen molar-refractivity contribution >= 4 is 17.3 Å². The summed E-state index contributed by atoms with van der Waals surface area (Å²) in [7, 11) is 0. The van der Waals surface area contributed by atoms with Crippen molar-refractivity contribution in [3.8, 4) is 0 Å². The van der Waals surface area contributed by atoms with E-state index in [1.165, 1.54) is 12.1 Å². The van der Waals surface area contributed by atoms with Crippen LogP contribution in [0.15, 0.2) is 18.2 Å². The van der Waals surface area contributed by atoms with Gasteiger partial charge in [-0.1, -0.05) is 6.07 Å². The van der Waals surface area contributed by atoms with E-state index in [-0.39, 0.29) is 11.6 Å². The van der Waals surface area contributed by atoms with Gasteiger partial charge in [-0.2, -0.15) is 0 Å². The third-order valence-corrected chi connectivity index (χ3v) is 3.25. The fourth-order valence-electron chi connectivity index (χ4n) is 1.98. The average molecular weight is 279 g/mol. The number of benzene rings is 1. The number of rotatable bonds is 6. The first-order valence-corrected chi connectivity index (χ1v) is 6.71. The number of nitrogens with one attached hydrogen (secondary N) is 1. The quantitative estimate of drug-likeness (QED) is 0.641. The number of non-ortho nitro benzene ring substituents is 1. The Morgan fingerprint density at radius 2 is 2.00 bits per heavy atom. The number of hydrogen-bond acceptors (Lipinski definition) is 4. The molecule has 0 aliphatic carbocycles. The molecule has 0 saturated heterocycles. The minimum absolute atomic E-state index is 0.0130. The summed E-state index contributed by atoms with van der Waals surface area (Å²) in [6.07, 6.45) is 0. The first-order chi connectivity index (χ1) is 9.40. The summed E-state index contributed by atoms with van der Waals surface area (Å²) in [6, 6.07) is 4.17. The van der Waals surface area contributed by atoms with Gasteiger partial charge in [-0.25, -0.2) is 0 Å². The predicted octanol–water partition coefficient (Wildman–Crippen LogP) is 2.57. The molecule has 110 valence electrons. The summed E-state index contributed by atoms with van der Waals surface area (Å²) < 4.78 is 0. The lowest BCUT2D eigenvalue weighted by atomic mass is 10.1. The monoisotopic (exact) mass is 279 g/mol. The molecule has 0 aromatic heterocycles. The number of amides is 1. The highest BCUT2D eigenvalue weighted by molar-refractivity contribution is 5.84. The highest BCUT2D eigenvalue weighted by Crippen LogP contribution is 2.22. The largest absolute Gasteiger partial charge is 0.373 e. The standard InChI is InChI=1S/C14H21N3O3/c1-5-16(6-2)14(18)11(4)15-13-9-12(17(19)20)8-7-10(13)3/h7-9,11,15H,5-6H2,1-4H3. The minimum Gasteiger partial charge on any atom is -0.373 e. The Bertz CT molecular complexity index is 498. The van der Waals surface area contributed by atoms with Crippen molar-refractivity contribution in [1.82, 2.24) is 4.90 Å². The number of nitro benzene ring substituents is 1. The van der Waals surface area contributed by atoms with Gasteiger partial charge in [-0.3, -0.25) is 14.9 Å². The van der Waals surface area contributed by atoms with Crippen LogP contribution in [0.25, 0.3) is 0 Å². The number of anilines is 1. The SMILES string of the molecule is CCN(CC)C(=O)C(C)Nc1cc([N+](=O)[O-])ccc1C. The molecule has 1 N–H and O–H groups in total. The molecule has 0 spiro atoms. The van der Waals surface area contributed by atoms with Gasteiger partial charge in [0.05, 0.1) is 4.92 Å². The summed E-state index contributed by atoms with van der Waals surface area (Å²) in [5.41, 5.74) is 1.50. The van der Waals surface area contributed by atoms with Crippen molar-refractivity contribution in [2.75, 3.05) is 18.4 Å². The molecule has 0 radical (unpaired) electrons. The van der Waals surface area contributed by atoms with Gasteiger partial charge >= 0.3 is 0 Å². The first kappa shape index (κ1) is 15.9. The van der Waals surface area contributed by atoms with Gasteiger partial charge in [0.25, 0.3) is 5.69 Å². The normalized spacial score (nSPS) is 11.8. The van der Waals surface area contributed by atoms with Crippen molar-refractivity contribution < 1.29 is 9.72 Å². The molecular formula is C14H21N3O3. The molecule has 1 unspecified atom stereocenters. The Morgan fingerprint density at radius 1 is 1.40 bits per heavy atom. The molecule has 0 fully saturated rings. The van der Waals surface area contributed by atoms with Crippen molar-refractivity contribution in [3.05, 3.63) is 33.9 Å². The number of hydrogen-bond donors (Lipinski definition) is 1. The average Bonchev–Trinajstić information content (AvgIpc) is 2.42. The Balaban J connectivity index is 2.89. The van der Waals surface area contributed by atoms with E-state index in [0.717, 1.165) is 5.56 Å². The third kappa shape index (κ3) is 3.69. The van der Waals surface area contributed by atoms with E-state index in [1.54, 1.807) is 17.9 Å². The predicted molar refractivity (Wildman–Crippen MR) is 78.8 cm³/mol. The fraction of sp³-hybridized carbons (Fsp3) is 0.500. The van der Waals surface area contributed by atoms with Gasteiger partial charge in [0.1, 0.15) is 6.04 Å². The Kier molecular flexibility index (Phi) is 5.49. The maximum atomic E-state index is 12.2. The molecule has 1 aromatic carbocycles. The Morgan fingerprint density at radius 3 is 2.50 bits per heavy atom. The van der Waals surface area contributed by atoms with Crippen LogP contribution in [0.4, 0.5) is 11.4 Å². The lowest BCUT2D eigenvalue weighted by Crippen LogP contribution is -2.41. The molecule has 0 aliphatic heterocycles. The van der Waals surface area contributed by atoms with E-state index in [1.807, 2.05) is 20.8 Å². The lowest BCUT2D eigenvalue weighted by molar-refractivity contribution is -0.384. The zero-order valence-corrected chi connectivity index (χ0v) is 12.3. The van der Waals surface area contributed by atoms with E-state index >= 15 is 0 Å². The van der Waals surface area contributed by atoms with Crippen molar-refractivity contribution in [1.29, 1.82) is 0 Å². The molecule has 6 heteroatoms. The van der Waals surface area contributed by atoms with Crippen LogP contribution in [-0.4, -0.2) is 34.9 Å². The third-order valence-electron chi connectivity index (χ3n) is 3.25. The van der Waals surface area contributed by atoms with Gasteiger partial charge < -0.3 is 10.2 Å². The number of carbonyl (C=O) groups is 1. The van der Waals surface area contributed by atoms with E-state index in [9.17, 15) is 14.9 Å². The van der Waals surface area contributed by atoms with Crippen LogP contribution >= 0.6 is 0 Å². The number of likely N-dealkylation sites (N-methyl/N-ethyl adjacent to an activating group) is 1. The van der Waals surface area contributed by atoms with Crippen LogP contribution in [-0.2, 0) is 4.79 Å². The maximum absolute atomic E-state index is 12.2. The second-order valence-corrected chi connectivity index (χ2v) is 4.63. The molecular weight excluding hydrogens is 258 g/mol. The number of nitro groups is 1. The number of carbonyl (C=O) groups excluding carboxylic acids is 1. The molecule has 0 heterocycles. The Labute approximate surface area is 118 Å². The van der Waals surface area contributed by atoms with Crippen LogP contribution in [0.1, 0.15) is 26.3 Å². The molecule has 0 saturated carbocycles. The highest BCUT2D eigenvalue weighted by Gasteiger charge is 2.19. The minimum atomic E-state index is -0.443. The summed E-state index contributed by atoms with van der Waals surface area (Å²) in [5, 5.41) is 13.8. The summed E-state index contributed by atoms with van der Waals surface area (Å²) in [5.74, 6) is -0.0130. The fourth-order valence-corrected chi connectivity index (χ4v) is 1.98. The van der Waals surface area contributed by atoms with E-state index in [2.05, 4.69) is 5.32 Å². The van der Waals surface area contributed by atoms with Crippen molar-refractivity contribution in [2.45, 2.75) is 33.7 Å². The van der Waals surface area contributed by atoms with Gasteiger partial charge in [0, 0.05) is 30.9 Å². The van der Waals surface area contributed by atoms with Crippen LogP contribution in [0.3, 0.4) is 0 Å². The number of aryl methyl sites for hydroxylation is 1. The lowest BCUT2D eigenvalue weighted by Gasteiger charge is -2.24. The Hall–Kier alpha value is -2.11. The van der Waals surface area contributed by atoms with Gasteiger partial charge in [-0.15, -0.1) is 0 Å². The van der Waals surface area contributed by atoms with Crippen molar-refractivity contribution in [2.24, 2.45) is 0 Å². The molecule has 0 aliphatic rings. The summed E-state index contributed by atoms with van der Waals surface area (Å²) in [6.45, 7) is 8.75. The molecule has 1 rings (SSSR count). The second-order valence-electron chi connectivity index (χ2n) is 4.63. The second kappa shape index (κ2) is 6.88. The van der Waals surface area contributed by atoms with E-state index in [0.29, 0.717) is 18.8 Å². The van der Waals surface area contributed by atoms with Crippen LogP contribution in [0, 0.1) is 17.0 Å². The maximum Gasteiger partial charge on any atom is 0.271 e. The summed E-state index contributed by atoms with van der Waals surface area (Å²) in [4.78, 5) is 24.2. The van der Waals surface area contributed by atoms with Crippen molar-refractivity contribution in [3.63, 3.8) is 0 Å². The molecule has 0 bridgehead atoms. The molecule has 1 amide bonds.